The van der Waals surface area contributed by atoms with Crippen molar-refractivity contribution in [3.8, 4) is 11.8 Å². The summed E-state index contributed by atoms with van der Waals surface area (Å²) in [5.41, 5.74) is 2.06. The van der Waals surface area contributed by atoms with Crippen molar-refractivity contribution in [3.63, 3.8) is 0 Å². The fourth-order valence-electron chi connectivity index (χ4n) is 5.38. The molecular formula is C28H35N6O8P. The third-order valence-corrected chi connectivity index (χ3v) is 9.49. The van der Waals surface area contributed by atoms with Crippen LogP contribution >= 0.6 is 7.75 Å². The predicted octanol–water partition coefficient (Wildman–Crippen LogP) is 2.46. The number of nitrogen functional groups attached to an aromatic ring is 1. The first kappa shape index (κ1) is 30.9. The molecule has 0 spiro atoms. The summed E-state index contributed by atoms with van der Waals surface area (Å²) in [6, 6.07) is 11.9. The summed E-state index contributed by atoms with van der Waals surface area (Å²) < 4.78 is 37.8. The maximum absolute atomic E-state index is 14.0. The Morgan fingerprint density at radius 3 is 2.74 bits per heavy atom. The molecule has 2 fully saturated rings. The average molecular weight is 615 g/mol. The molecule has 1 aliphatic carbocycles. The summed E-state index contributed by atoms with van der Waals surface area (Å²) in [5.74, 6) is -0.0589. The van der Waals surface area contributed by atoms with Gasteiger partial charge in [-0.2, -0.15) is 15.4 Å². The second kappa shape index (κ2) is 12.6. The van der Waals surface area contributed by atoms with E-state index < -0.39 is 50.3 Å². The molecule has 230 valence electrons. The number of hydrogen-bond donors (Lipinski definition) is 4. The van der Waals surface area contributed by atoms with Gasteiger partial charge in [0.1, 0.15) is 42.4 Å². The number of rotatable bonds is 11. The molecule has 1 saturated heterocycles. The quantitative estimate of drug-likeness (QED) is 0.181. The minimum Gasteiger partial charge on any atom is -0.464 e. The number of benzene rings is 1. The molecule has 1 aromatic carbocycles. The van der Waals surface area contributed by atoms with Gasteiger partial charge < -0.3 is 29.9 Å². The van der Waals surface area contributed by atoms with Crippen LogP contribution in [0.4, 0.5) is 5.82 Å². The van der Waals surface area contributed by atoms with Crippen LogP contribution in [0.15, 0.2) is 48.8 Å². The smallest absolute Gasteiger partial charge is 0.459 e. The van der Waals surface area contributed by atoms with Crippen molar-refractivity contribution in [2.75, 3.05) is 25.6 Å². The topological polar surface area (TPSA) is 204 Å². The third-order valence-electron chi connectivity index (χ3n) is 7.87. The lowest BCUT2D eigenvalue weighted by atomic mass is 9.86. The van der Waals surface area contributed by atoms with Crippen molar-refractivity contribution in [1.82, 2.24) is 19.7 Å². The van der Waals surface area contributed by atoms with Crippen LogP contribution in [0.25, 0.3) is 5.52 Å². The minimum absolute atomic E-state index is 0.0948. The molecular weight excluding hydrogens is 579 g/mol. The van der Waals surface area contributed by atoms with E-state index in [4.69, 9.17) is 24.3 Å². The van der Waals surface area contributed by atoms with Crippen molar-refractivity contribution in [2.24, 2.45) is 5.92 Å². The van der Waals surface area contributed by atoms with Gasteiger partial charge in [0.25, 0.3) is 0 Å². The van der Waals surface area contributed by atoms with Gasteiger partial charge >= 0.3 is 13.7 Å². The number of nitrogens with zero attached hydrogens (tertiary/aromatic N) is 4. The fraction of sp³-hybridized carbons (Fsp3) is 0.500. The summed E-state index contributed by atoms with van der Waals surface area (Å²) in [6.45, 7) is 0.395. The summed E-state index contributed by atoms with van der Waals surface area (Å²) >= 11 is 0. The lowest BCUT2D eigenvalue weighted by molar-refractivity contribution is -0.147. The van der Waals surface area contributed by atoms with Crippen molar-refractivity contribution < 1.29 is 38.1 Å². The van der Waals surface area contributed by atoms with Crippen molar-refractivity contribution in [3.05, 3.63) is 54.5 Å². The molecule has 1 aliphatic heterocycles. The van der Waals surface area contributed by atoms with Crippen LogP contribution in [0.3, 0.4) is 0 Å². The van der Waals surface area contributed by atoms with Gasteiger partial charge in [-0.05, 0) is 49.9 Å². The Hall–Kier alpha value is -3.57. The van der Waals surface area contributed by atoms with E-state index in [0.29, 0.717) is 5.52 Å². The standard InChI is InChI=1S/C28H35N6O8P/c1-19(25(35)39-14-20-8-4-2-5-9-20)33-43(38,42-21-10-6-3-7-11-21)41-16-27(15-29)26(36)28(37,17-40-27)23-13-12-22-24(30)31-18-32-34(22)23/h3,6-7,10-13,18-20,26,36-37H,2,4-5,8-9,14,16-17H2,1H3,(H,33,38)(H2,30,31,32)/t19-,26+,27+,28+,43-/m0/s1. The monoisotopic (exact) mass is 614 g/mol. The van der Waals surface area contributed by atoms with E-state index in [1.165, 1.54) is 42.4 Å². The number of aromatic nitrogens is 3. The second-order valence-corrected chi connectivity index (χ2v) is 12.6. The van der Waals surface area contributed by atoms with Crippen LogP contribution in [0, 0.1) is 17.2 Å². The van der Waals surface area contributed by atoms with Crippen LogP contribution in [0.5, 0.6) is 5.75 Å². The summed E-state index contributed by atoms with van der Waals surface area (Å²) in [6.07, 6.45) is 4.62. The maximum Gasteiger partial charge on any atom is 0.459 e. The highest BCUT2D eigenvalue weighted by Gasteiger charge is 2.61. The van der Waals surface area contributed by atoms with E-state index in [1.807, 2.05) is 6.07 Å². The zero-order chi connectivity index (χ0) is 30.7. The fourth-order valence-corrected chi connectivity index (χ4v) is 6.90. The van der Waals surface area contributed by atoms with Crippen molar-refractivity contribution >= 4 is 25.1 Å². The average Bonchev–Trinajstić information content (AvgIpc) is 3.57. The number of ether oxygens (including phenoxy) is 2. The number of esters is 1. The second-order valence-electron chi connectivity index (χ2n) is 10.9. The molecule has 43 heavy (non-hydrogen) atoms. The van der Waals surface area contributed by atoms with Crippen molar-refractivity contribution in [2.45, 2.75) is 62.4 Å². The number of nitrogens with one attached hydrogen (secondary N) is 1. The molecule has 5 rings (SSSR count). The van der Waals surface area contributed by atoms with Gasteiger partial charge in [0, 0.05) is 0 Å². The molecule has 2 aliphatic rings. The van der Waals surface area contributed by atoms with Crippen LogP contribution in [-0.4, -0.2) is 68.3 Å². The number of nitrogens with two attached hydrogens (primary N) is 1. The summed E-state index contributed by atoms with van der Waals surface area (Å²) in [7, 11) is -4.41. The number of aliphatic hydroxyl groups is 2. The Morgan fingerprint density at radius 1 is 1.28 bits per heavy atom. The molecule has 0 unspecified atom stereocenters. The number of para-hydroxylation sites is 1. The van der Waals surface area contributed by atoms with Crippen LogP contribution in [0.2, 0.25) is 0 Å². The first-order valence-electron chi connectivity index (χ1n) is 14.1. The molecule has 15 heteroatoms. The number of hydrogen-bond acceptors (Lipinski definition) is 12. The number of fused-ring (bicyclic) bond motifs is 1. The van der Waals surface area contributed by atoms with E-state index in [9.17, 15) is 24.8 Å². The zero-order valence-electron chi connectivity index (χ0n) is 23.7. The Morgan fingerprint density at radius 2 is 2.02 bits per heavy atom. The van der Waals surface area contributed by atoms with Crippen LogP contribution < -0.4 is 15.3 Å². The molecule has 3 heterocycles. The lowest BCUT2D eigenvalue weighted by Gasteiger charge is -2.31. The largest absolute Gasteiger partial charge is 0.464 e. The first-order chi connectivity index (χ1) is 20.6. The Balaban J connectivity index is 1.33. The Bertz CT molecular complexity index is 1530. The highest BCUT2D eigenvalue weighted by Crippen LogP contribution is 2.48. The molecule has 1 saturated carbocycles. The lowest BCUT2D eigenvalue weighted by Crippen LogP contribution is -2.51. The maximum atomic E-state index is 14.0. The van der Waals surface area contributed by atoms with E-state index >= 15 is 0 Å². The summed E-state index contributed by atoms with van der Waals surface area (Å²) in [4.78, 5) is 16.7. The van der Waals surface area contributed by atoms with Gasteiger partial charge in [-0.15, -0.1) is 0 Å². The number of anilines is 1. The third kappa shape index (κ3) is 6.38. The van der Waals surface area contributed by atoms with Gasteiger partial charge in [-0.25, -0.2) is 14.1 Å². The number of carbonyl (C=O) groups excluding carboxylic acids is 1. The van der Waals surface area contributed by atoms with Crippen LogP contribution in [-0.2, 0) is 29.0 Å². The first-order valence-corrected chi connectivity index (χ1v) is 15.6. The number of aliphatic hydroxyl groups excluding tert-OH is 1. The highest BCUT2D eigenvalue weighted by molar-refractivity contribution is 7.52. The number of carbonyl (C=O) groups is 1. The van der Waals surface area contributed by atoms with Gasteiger partial charge in [-0.3, -0.25) is 9.32 Å². The zero-order valence-corrected chi connectivity index (χ0v) is 24.6. The van der Waals surface area contributed by atoms with E-state index in [2.05, 4.69) is 15.2 Å². The van der Waals surface area contributed by atoms with E-state index in [-0.39, 0.29) is 29.8 Å². The Kier molecular flexibility index (Phi) is 9.03. The highest BCUT2D eigenvalue weighted by atomic mass is 31.2. The molecule has 0 amide bonds. The molecule has 3 aromatic rings. The molecule has 5 atom stereocenters. The SMILES string of the molecule is C[C@H](N[P@](=O)(OC[C@@]1(C#N)OC[C@@](O)(c2ccc3c(N)ncnn23)[C@@H]1O)Oc1ccccc1)C(=O)OCC1CCCCC1. The van der Waals surface area contributed by atoms with Gasteiger partial charge in [-0.1, -0.05) is 37.5 Å². The van der Waals surface area contributed by atoms with Crippen molar-refractivity contribution in [1.29, 1.82) is 5.26 Å². The predicted molar refractivity (Wildman–Crippen MR) is 152 cm³/mol. The number of nitriles is 1. The molecule has 5 N–H and O–H groups in total. The molecule has 0 radical (unpaired) electrons. The normalized spacial score (nSPS) is 26.4. The minimum atomic E-state index is -4.41. The van der Waals surface area contributed by atoms with Gasteiger partial charge in [0.05, 0.1) is 18.9 Å². The summed E-state index contributed by atoms with van der Waals surface area (Å²) in [5, 5.41) is 39.7. The van der Waals surface area contributed by atoms with Gasteiger partial charge in [0.2, 0.25) is 5.60 Å². The van der Waals surface area contributed by atoms with Crippen LogP contribution in [0.1, 0.15) is 44.7 Å². The molecule has 14 nitrogen and oxygen atoms in total. The Labute approximate surface area is 248 Å². The van der Waals surface area contributed by atoms with E-state index in [0.717, 1.165) is 25.7 Å². The van der Waals surface area contributed by atoms with Gasteiger partial charge in [0.15, 0.2) is 11.4 Å². The van der Waals surface area contributed by atoms with E-state index in [1.54, 1.807) is 24.3 Å². The molecule has 0 bridgehead atoms. The molecule has 2 aromatic heterocycles.